The van der Waals surface area contributed by atoms with Crippen LogP contribution < -0.4 is 10.6 Å². The molecule has 5 fully saturated rings. The van der Waals surface area contributed by atoms with Gasteiger partial charge in [-0.1, -0.05) is 0 Å². The monoisotopic (exact) mass is 415 g/mol. The molecule has 1 aromatic rings. The smallest absolute Gasteiger partial charge is 0.250 e. The van der Waals surface area contributed by atoms with Crippen LogP contribution in [0.3, 0.4) is 0 Å². The quantitative estimate of drug-likeness (QED) is 0.775. The number of hydrogen-bond donors (Lipinski definition) is 2. The van der Waals surface area contributed by atoms with Crippen molar-refractivity contribution in [2.75, 3.05) is 31.6 Å². The predicted octanol–water partition coefficient (Wildman–Crippen LogP) is 2.41. The summed E-state index contributed by atoms with van der Waals surface area (Å²) in [5.41, 5.74) is 0.561. The molecule has 6 nitrogen and oxygen atoms in total. The Morgan fingerprint density at radius 1 is 1.03 bits per heavy atom. The van der Waals surface area contributed by atoms with E-state index in [4.69, 9.17) is 4.74 Å². The van der Waals surface area contributed by atoms with E-state index in [1.807, 2.05) is 4.90 Å². The van der Waals surface area contributed by atoms with Gasteiger partial charge in [0.1, 0.15) is 11.9 Å². The maximum Gasteiger partial charge on any atom is 0.250 e. The zero-order valence-corrected chi connectivity index (χ0v) is 17.2. The Balaban J connectivity index is 1.13. The number of nitrogens with zero attached hydrogens (tertiary/aromatic N) is 1. The lowest BCUT2D eigenvalue weighted by atomic mass is 9.54. The topological polar surface area (TPSA) is 70.7 Å². The fraction of sp³-hybridized carbons (Fsp3) is 0.652. The number of ether oxygens (including phenoxy) is 1. The van der Waals surface area contributed by atoms with Gasteiger partial charge in [-0.05, 0) is 80.0 Å². The summed E-state index contributed by atoms with van der Waals surface area (Å²) >= 11 is 0. The van der Waals surface area contributed by atoms with Crippen LogP contribution in [-0.2, 0) is 14.3 Å². The van der Waals surface area contributed by atoms with E-state index in [9.17, 15) is 14.0 Å². The van der Waals surface area contributed by atoms with E-state index in [0.29, 0.717) is 43.3 Å². The average molecular weight is 416 g/mol. The highest BCUT2D eigenvalue weighted by atomic mass is 19.1. The summed E-state index contributed by atoms with van der Waals surface area (Å²) in [5, 5.41) is 6.10. The van der Waals surface area contributed by atoms with Crippen molar-refractivity contribution in [3.63, 3.8) is 0 Å². The molecule has 5 aliphatic rings. The van der Waals surface area contributed by atoms with Crippen LogP contribution in [0.1, 0.15) is 32.1 Å². The Kier molecular flexibility index (Phi) is 5.50. The fourth-order valence-electron chi connectivity index (χ4n) is 6.36. The highest BCUT2D eigenvalue weighted by Crippen LogP contribution is 2.53. The summed E-state index contributed by atoms with van der Waals surface area (Å²) in [4.78, 5) is 27.2. The van der Waals surface area contributed by atoms with E-state index >= 15 is 0 Å². The highest BCUT2D eigenvalue weighted by Gasteiger charge is 2.49. The van der Waals surface area contributed by atoms with Crippen LogP contribution in [0.4, 0.5) is 10.1 Å². The molecule has 2 amide bonds. The van der Waals surface area contributed by atoms with E-state index in [2.05, 4.69) is 10.6 Å². The van der Waals surface area contributed by atoms with Gasteiger partial charge in [0.25, 0.3) is 5.91 Å². The van der Waals surface area contributed by atoms with Gasteiger partial charge in [0.2, 0.25) is 5.91 Å². The van der Waals surface area contributed by atoms with Crippen molar-refractivity contribution in [2.45, 2.75) is 44.2 Å². The first kappa shape index (κ1) is 19.9. The van der Waals surface area contributed by atoms with Crippen molar-refractivity contribution in [2.24, 2.45) is 23.7 Å². The summed E-state index contributed by atoms with van der Waals surface area (Å²) in [6, 6.07) is 6.00. The minimum Gasteiger partial charge on any atom is -0.366 e. The molecule has 30 heavy (non-hydrogen) atoms. The number of morpholine rings is 1. The molecule has 1 aromatic carbocycles. The second-order valence-electron chi connectivity index (χ2n) is 9.61. The van der Waals surface area contributed by atoms with Gasteiger partial charge in [0, 0.05) is 24.8 Å². The molecule has 1 unspecified atom stereocenters. The van der Waals surface area contributed by atoms with Crippen LogP contribution in [0.2, 0.25) is 0 Å². The number of carbonyl (C=O) groups excluding carboxylic acids is 2. The van der Waals surface area contributed by atoms with Gasteiger partial charge < -0.3 is 15.4 Å². The normalized spacial score (nSPS) is 35.2. The Morgan fingerprint density at radius 3 is 2.37 bits per heavy atom. The summed E-state index contributed by atoms with van der Waals surface area (Å²) in [6.45, 7) is 1.64. The first-order valence-corrected chi connectivity index (χ1v) is 11.2. The second-order valence-corrected chi connectivity index (χ2v) is 9.61. The SMILES string of the molecule is O=C(CN1CCOC(C(=O)NC2C3CC4CC(C3)CC2C4)C1)Nc1ccc(F)cc1. The van der Waals surface area contributed by atoms with Crippen molar-refractivity contribution < 1.29 is 18.7 Å². The second kappa shape index (κ2) is 8.27. The molecule has 0 aromatic heterocycles. The van der Waals surface area contributed by atoms with Crippen molar-refractivity contribution in [3.05, 3.63) is 30.1 Å². The molecule has 0 spiro atoms. The van der Waals surface area contributed by atoms with E-state index in [0.717, 1.165) is 11.8 Å². The van der Waals surface area contributed by atoms with Gasteiger partial charge in [-0.25, -0.2) is 4.39 Å². The molecule has 1 saturated heterocycles. The van der Waals surface area contributed by atoms with Crippen LogP contribution in [0.5, 0.6) is 0 Å². The fourth-order valence-corrected chi connectivity index (χ4v) is 6.36. The van der Waals surface area contributed by atoms with Gasteiger partial charge in [0.05, 0.1) is 13.2 Å². The first-order valence-electron chi connectivity index (χ1n) is 11.2. The van der Waals surface area contributed by atoms with Gasteiger partial charge in [-0.3, -0.25) is 14.5 Å². The van der Waals surface area contributed by atoms with Crippen LogP contribution in [0.25, 0.3) is 0 Å². The van der Waals surface area contributed by atoms with Crippen molar-refractivity contribution in [1.82, 2.24) is 10.2 Å². The number of carbonyl (C=O) groups is 2. The molecule has 2 N–H and O–H groups in total. The predicted molar refractivity (Wildman–Crippen MR) is 110 cm³/mol. The third-order valence-corrected chi connectivity index (χ3v) is 7.47. The molecule has 4 bridgehead atoms. The molecule has 162 valence electrons. The zero-order valence-electron chi connectivity index (χ0n) is 17.2. The Labute approximate surface area is 176 Å². The Hall–Kier alpha value is -1.99. The van der Waals surface area contributed by atoms with Gasteiger partial charge in [0.15, 0.2) is 0 Å². The van der Waals surface area contributed by atoms with Gasteiger partial charge in [-0.2, -0.15) is 0 Å². The zero-order chi connectivity index (χ0) is 20.7. The van der Waals surface area contributed by atoms with Crippen LogP contribution >= 0.6 is 0 Å². The number of benzene rings is 1. The molecule has 6 rings (SSSR count). The minimum atomic E-state index is -0.533. The molecule has 4 aliphatic carbocycles. The standard InChI is InChI=1S/C23H30FN3O3/c24-18-1-3-19(4-2-18)25-21(28)13-27-5-6-30-20(12-27)23(29)26-22-16-8-14-7-15(10-16)11-17(22)9-14/h1-4,14-17,20,22H,5-13H2,(H,25,28)(H,26,29). The van der Waals surface area contributed by atoms with E-state index in [1.165, 1.54) is 56.4 Å². The number of halogens is 1. The highest BCUT2D eigenvalue weighted by molar-refractivity contribution is 5.92. The van der Waals surface area contributed by atoms with Crippen molar-refractivity contribution >= 4 is 17.5 Å². The maximum absolute atomic E-state index is 13.0. The maximum atomic E-state index is 13.0. The molecule has 0 radical (unpaired) electrons. The molecular weight excluding hydrogens is 385 g/mol. The summed E-state index contributed by atoms with van der Waals surface area (Å²) in [7, 11) is 0. The Morgan fingerprint density at radius 2 is 1.70 bits per heavy atom. The van der Waals surface area contributed by atoms with Crippen LogP contribution in [-0.4, -0.2) is 55.1 Å². The third-order valence-electron chi connectivity index (χ3n) is 7.47. The molecule has 1 aliphatic heterocycles. The lowest BCUT2D eigenvalue weighted by Gasteiger charge is -2.54. The largest absolute Gasteiger partial charge is 0.366 e. The van der Waals surface area contributed by atoms with Crippen LogP contribution in [0.15, 0.2) is 24.3 Å². The summed E-state index contributed by atoms with van der Waals surface area (Å²) in [5.74, 6) is 2.47. The van der Waals surface area contributed by atoms with Crippen molar-refractivity contribution in [3.8, 4) is 0 Å². The van der Waals surface area contributed by atoms with Crippen molar-refractivity contribution in [1.29, 1.82) is 0 Å². The van der Waals surface area contributed by atoms with Crippen LogP contribution in [0, 0.1) is 29.5 Å². The summed E-state index contributed by atoms with van der Waals surface area (Å²) in [6.07, 6.45) is 5.92. The Bertz CT molecular complexity index is 771. The lowest BCUT2D eigenvalue weighted by Crippen LogP contribution is -2.59. The van der Waals surface area contributed by atoms with Gasteiger partial charge in [-0.15, -0.1) is 0 Å². The third kappa shape index (κ3) is 4.23. The van der Waals surface area contributed by atoms with E-state index in [1.54, 1.807) is 0 Å². The molecule has 7 heteroatoms. The number of hydrogen-bond acceptors (Lipinski definition) is 4. The first-order chi connectivity index (χ1) is 14.5. The lowest BCUT2D eigenvalue weighted by molar-refractivity contribution is -0.143. The van der Waals surface area contributed by atoms with E-state index < -0.39 is 6.10 Å². The molecule has 1 atom stereocenters. The molecule has 4 saturated carbocycles. The number of anilines is 1. The molecular formula is C23H30FN3O3. The number of nitrogens with one attached hydrogen (secondary N) is 2. The number of rotatable bonds is 5. The van der Waals surface area contributed by atoms with E-state index in [-0.39, 0.29) is 24.2 Å². The minimum absolute atomic E-state index is 0.0314. The summed E-state index contributed by atoms with van der Waals surface area (Å²) < 4.78 is 18.8. The number of amides is 2. The molecule has 1 heterocycles. The van der Waals surface area contributed by atoms with Gasteiger partial charge >= 0.3 is 0 Å². The average Bonchev–Trinajstić information content (AvgIpc) is 2.72.